The van der Waals surface area contributed by atoms with Gasteiger partial charge >= 0.3 is 6.18 Å². The Hall–Kier alpha value is -3.43. The Kier molecular flexibility index (Phi) is 6.00. The predicted octanol–water partition coefficient (Wildman–Crippen LogP) is 5.55. The second-order valence-corrected chi connectivity index (χ2v) is 9.48. The molecule has 2 aliphatic heterocycles. The summed E-state index contributed by atoms with van der Waals surface area (Å²) in [5, 5.41) is 6.43. The number of alkyl halides is 3. The number of aromatic nitrogens is 1. The monoisotopic (exact) mass is 514 g/mol. The summed E-state index contributed by atoms with van der Waals surface area (Å²) in [6, 6.07) is 11.5. The number of nitrogens with one attached hydrogen (secondary N) is 2. The van der Waals surface area contributed by atoms with Crippen molar-refractivity contribution in [1.82, 2.24) is 10.3 Å². The summed E-state index contributed by atoms with van der Waals surface area (Å²) in [4.78, 5) is 32.0. The van der Waals surface area contributed by atoms with E-state index in [1.54, 1.807) is 17.9 Å². The molecule has 0 saturated carbocycles. The minimum Gasteiger partial charge on any atom is -0.308 e. The van der Waals surface area contributed by atoms with E-state index in [1.165, 1.54) is 24.4 Å². The molecule has 186 valence electrons. The van der Waals surface area contributed by atoms with Crippen LogP contribution in [-0.2, 0) is 11.7 Å². The molecule has 3 heterocycles. The molecule has 10 heteroatoms. The molecule has 1 spiro atoms. The maximum atomic E-state index is 13.6. The number of nitrogens with zero attached hydrogens (tertiary/aromatic N) is 2. The molecular weight excluding hydrogens is 493 g/mol. The van der Waals surface area contributed by atoms with Crippen LogP contribution in [0.3, 0.4) is 0 Å². The van der Waals surface area contributed by atoms with Crippen LogP contribution in [0.2, 0.25) is 5.02 Å². The highest BCUT2D eigenvalue weighted by atomic mass is 35.5. The molecule has 0 aliphatic carbocycles. The minimum atomic E-state index is -4.67. The number of rotatable bonds is 3. The van der Waals surface area contributed by atoms with E-state index in [1.807, 2.05) is 12.1 Å². The van der Waals surface area contributed by atoms with Crippen molar-refractivity contribution in [2.24, 2.45) is 0 Å². The van der Waals surface area contributed by atoms with Gasteiger partial charge in [-0.15, -0.1) is 0 Å². The summed E-state index contributed by atoms with van der Waals surface area (Å²) in [5.74, 6) is -1.13. The Labute approximate surface area is 210 Å². The van der Waals surface area contributed by atoms with Gasteiger partial charge in [-0.05, 0) is 67.3 Å². The number of hydrogen-bond donors (Lipinski definition) is 2. The lowest BCUT2D eigenvalue weighted by Crippen LogP contribution is -2.32. The van der Waals surface area contributed by atoms with Crippen molar-refractivity contribution in [3.05, 3.63) is 87.6 Å². The molecule has 1 aromatic heterocycles. The third kappa shape index (κ3) is 4.44. The molecule has 0 radical (unpaired) electrons. The van der Waals surface area contributed by atoms with Gasteiger partial charge in [-0.25, -0.2) is 4.98 Å². The third-order valence-electron chi connectivity index (χ3n) is 6.66. The van der Waals surface area contributed by atoms with Crippen molar-refractivity contribution in [3.63, 3.8) is 0 Å². The van der Waals surface area contributed by atoms with Crippen molar-refractivity contribution < 1.29 is 22.8 Å². The Morgan fingerprint density at radius 1 is 1.14 bits per heavy atom. The highest BCUT2D eigenvalue weighted by Gasteiger charge is 2.47. The summed E-state index contributed by atoms with van der Waals surface area (Å²) >= 11 is 6.25. The van der Waals surface area contributed by atoms with Crippen molar-refractivity contribution in [2.45, 2.75) is 31.5 Å². The number of halogens is 4. The van der Waals surface area contributed by atoms with E-state index in [9.17, 15) is 22.8 Å². The first-order valence-electron chi connectivity index (χ1n) is 11.4. The van der Waals surface area contributed by atoms with Crippen LogP contribution < -0.4 is 15.5 Å². The molecule has 5 rings (SSSR count). The fourth-order valence-electron chi connectivity index (χ4n) is 4.71. The number of hydrogen-bond acceptors (Lipinski definition) is 4. The summed E-state index contributed by atoms with van der Waals surface area (Å²) in [5.41, 5.74) is 0.938. The van der Waals surface area contributed by atoms with Gasteiger partial charge in [0.2, 0.25) is 0 Å². The third-order valence-corrected chi connectivity index (χ3v) is 6.89. The van der Waals surface area contributed by atoms with Gasteiger partial charge in [0, 0.05) is 30.0 Å². The van der Waals surface area contributed by atoms with E-state index in [4.69, 9.17) is 11.6 Å². The molecule has 1 saturated heterocycles. The first-order chi connectivity index (χ1) is 17.1. The van der Waals surface area contributed by atoms with Gasteiger partial charge in [-0.1, -0.05) is 23.7 Å². The van der Waals surface area contributed by atoms with Crippen LogP contribution in [-0.4, -0.2) is 29.9 Å². The quantitative estimate of drug-likeness (QED) is 0.449. The normalized spacial score (nSPS) is 19.0. The predicted molar refractivity (Wildman–Crippen MR) is 130 cm³/mol. The SMILES string of the molecule is Cc1cc(NC(=O)c2ccccc2C(F)(F)F)ncc1C(=O)N1CCCC2(CN2)c2cc(Cl)ccc21. The van der Waals surface area contributed by atoms with E-state index >= 15 is 0 Å². The zero-order chi connectivity index (χ0) is 25.7. The van der Waals surface area contributed by atoms with Crippen LogP contribution in [0, 0.1) is 6.92 Å². The lowest BCUT2D eigenvalue weighted by atomic mass is 9.94. The molecule has 2 aromatic carbocycles. The number of aryl methyl sites for hydroxylation is 1. The standard InChI is InChI=1S/C26H22ClF3N4O2/c1-15-11-22(33-23(35)17-5-2-3-6-19(17)26(28,29)30)31-13-18(15)24(36)34-10-4-9-25(14-32-25)20-12-16(27)7-8-21(20)34/h2-3,5-8,11-13,32H,4,9-10,14H2,1H3,(H,31,33,35). The first-order valence-corrected chi connectivity index (χ1v) is 11.8. The number of fused-ring (bicyclic) bond motifs is 2. The molecule has 1 fully saturated rings. The molecule has 2 aliphatic rings. The topological polar surface area (TPSA) is 84.2 Å². The first kappa shape index (κ1) is 24.3. The zero-order valence-corrected chi connectivity index (χ0v) is 20.0. The highest BCUT2D eigenvalue weighted by molar-refractivity contribution is 6.30. The van der Waals surface area contributed by atoms with Gasteiger partial charge in [-0.2, -0.15) is 13.2 Å². The second-order valence-electron chi connectivity index (χ2n) is 9.04. The number of anilines is 2. The van der Waals surface area contributed by atoms with E-state index < -0.39 is 23.2 Å². The molecule has 6 nitrogen and oxygen atoms in total. The Morgan fingerprint density at radius 3 is 2.58 bits per heavy atom. The van der Waals surface area contributed by atoms with E-state index in [0.717, 1.165) is 42.8 Å². The van der Waals surface area contributed by atoms with Crippen LogP contribution in [0.5, 0.6) is 0 Å². The van der Waals surface area contributed by atoms with E-state index in [-0.39, 0.29) is 17.3 Å². The largest absolute Gasteiger partial charge is 0.417 e. The Balaban J connectivity index is 1.40. The molecule has 2 N–H and O–H groups in total. The number of carbonyl (C=O) groups excluding carboxylic acids is 2. The average molecular weight is 515 g/mol. The molecule has 36 heavy (non-hydrogen) atoms. The molecule has 2 amide bonds. The molecular formula is C26H22ClF3N4O2. The fraction of sp³-hybridized carbons (Fsp3) is 0.269. The lowest BCUT2D eigenvalue weighted by Gasteiger charge is -2.25. The number of carbonyl (C=O) groups is 2. The molecule has 3 aromatic rings. The Bertz CT molecular complexity index is 1370. The maximum absolute atomic E-state index is 13.6. The summed E-state index contributed by atoms with van der Waals surface area (Å²) in [7, 11) is 0. The van der Waals surface area contributed by atoms with Crippen molar-refractivity contribution >= 4 is 34.9 Å². The Morgan fingerprint density at radius 2 is 1.89 bits per heavy atom. The number of pyridine rings is 1. The summed E-state index contributed by atoms with van der Waals surface area (Å²) in [6.45, 7) is 3.04. The smallest absolute Gasteiger partial charge is 0.308 e. The highest BCUT2D eigenvalue weighted by Crippen LogP contribution is 2.44. The number of benzene rings is 2. The van der Waals surface area contributed by atoms with Crippen LogP contribution in [0.25, 0.3) is 0 Å². The summed E-state index contributed by atoms with van der Waals surface area (Å²) < 4.78 is 39.9. The van der Waals surface area contributed by atoms with Crippen LogP contribution in [0.15, 0.2) is 54.7 Å². The maximum Gasteiger partial charge on any atom is 0.417 e. The van der Waals surface area contributed by atoms with Gasteiger partial charge in [0.1, 0.15) is 5.82 Å². The average Bonchev–Trinajstić information content (AvgIpc) is 3.64. The minimum absolute atomic E-state index is 0.0511. The molecule has 1 unspecified atom stereocenters. The molecule has 0 bridgehead atoms. The lowest BCUT2D eigenvalue weighted by molar-refractivity contribution is -0.137. The van der Waals surface area contributed by atoms with Gasteiger partial charge < -0.3 is 15.5 Å². The fourth-order valence-corrected chi connectivity index (χ4v) is 4.88. The molecule has 1 atom stereocenters. The van der Waals surface area contributed by atoms with Gasteiger partial charge in [0.15, 0.2) is 0 Å². The van der Waals surface area contributed by atoms with Crippen LogP contribution in [0.4, 0.5) is 24.7 Å². The van der Waals surface area contributed by atoms with Gasteiger partial charge in [-0.3, -0.25) is 9.59 Å². The van der Waals surface area contributed by atoms with Crippen LogP contribution in [0.1, 0.15) is 50.2 Å². The van der Waals surface area contributed by atoms with Crippen molar-refractivity contribution in [2.75, 3.05) is 23.3 Å². The number of amides is 2. The van der Waals surface area contributed by atoms with Crippen molar-refractivity contribution in [3.8, 4) is 0 Å². The van der Waals surface area contributed by atoms with Crippen LogP contribution >= 0.6 is 11.6 Å². The summed E-state index contributed by atoms with van der Waals surface area (Å²) in [6.07, 6.45) is -1.65. The van der Waals surface area contributed by atoms with E-state index in [0.29, 0.717) is 22.7 Å². The van der Waals surface area contributed by atoms with Gasteiger partial charge in [0.05, 0.1) is 22.2 Å². The van der Waals surface area contributed by atoms with Crippen molar-refractivity contribution in [1.29, 1.82) is 0 Å². The van der Waals surface area contributed by atoms with Gasteiger partial charge in [0.25, 0.3) is 11.8 Å². The van der Waals surface area contributed by atoms with E-state index in [2.05, 4.69) is 15.6 Å². The zero-order valence-electron chi connectivity index (χ0n) is 19.2. The second kappa shape index (κ2) is 8.90.